The number of carbonyl (C=O) groups excluding carboxylic acids is 1. The summed E-state index contributed by atoms with van der Waals surface area (Å²) in [5.74, 6) is -0.0117. The monoisotopic (exact) mass is 315 g/mol. The van der Waals surface area contributed by atoms with Crippen molar-refractivity contribution in [2.75, 3.05) is 19.6 Å². The molecule has 0 N–H and O–H groups in total. The van der Waals surface area contributed by atoms with Gasteiger partial charge >= 0.3 is 0 Å². The molecule has 3 nitrogen and oxygen atoms in total. The van der Waals surface area contributed by atoms with E-state index in [0.717, 1.165) is 13.1 Å². The highest BCUT2D eigenvalue weighted by molar-refractivity contribution is 6.36. The third-order valence-electron chi connectivity index (χ3n) is 3.24. The summed E-state index contributed by atoms with van der Waals surface area (Å²) in [5, 5.41) is 0.966. The van der Waals surface area contributed by atoms with Gasteiger partial charge in [-0.3, -0.25) is 9.69 Å². The molecule has 110 valence electrons. The van der Waals surface area contributed by atoms with Crippen molar-refractivity contribution in [2.24, 2.45) is 0 Å². The van der Waals surface area contributed by atoms with Crippen molar-refractivity contribution in [2.45, 2.75) is 32.5 Å². The molecule has 1 aliphatic rings. The summed E-state index contributed by atoms with van der Waals surface area (Å²) in [5.41, 5.74) is 0.243. The van der Waals surface area contributed by atoms with Gasteiger partial charge in [-0.2, -0.15) is 0 Å². The van der Waals surface area contributed by atoms with E-state index >= 15 is 0 Å². The molecule has 1 atom stereocenters. The summed E-state index contributed by atoms with van der Waals surface area (Å²) >= 11 is 12.0. The lowest BCUT2D eigenvalue weighted by atomic mass is 10.0. The zero-order chi connectivity index (χ0) is 14.9. The third kappa shape index (κ3) is 3.95. The van der Waals surface area contributed by atoms with E-state index in [1.54, 1.807) is 18.2 Å². The molecule has 1 aliphatic heterocycles. The molecule has 1 unspecified atom stereocenters. The number of morpholine rings is 1. The van der Waals surface area contributed by atoms with Gasteiger partial charge in [-0.1, -0.05) is 23.2 Å². The number of ketones is 1. The number of rotatable bonds is 3. The number of carbonyl (C=O) groups is 1. The van der Waals surface area contributed by atoms with Crippen molar-refractivity contribution in [3.05, 3.63) is 33.8 Å². The zero-order valence-electron chi connectivity index (χ0n) is 12.0. The predicted molar refractivity (Wildman–Crippen MR) is 81.9 cm³/mol. The largest absolute Gasteiger partial charge is 0.370 e. The van der Waals surface area contributed by atoms with Gasteiger partial charge < -0.3 is 4.74 Å². The molecule has 0 spiro atoms. The normalized spacial score (nSPS) is 22.8. The van der Waals surface area contributed by atoms with Crippen LogP contribution in [0.3, 0.4) is 0 Å². The van der Waals surface area contributed by atoms with E-state index in [1.807, 2.05) is 20.8 Å². The Labute approximate surface area is 129 Å². The van der Waals surface area contributed by atoms with Gasteiger partial charge in [0.2, 0.25) is 0 Å². The smallest absolute Gasteiger partial charge is 0.178 e. The Morgan fingerprint density at radius 1 is 1.45 bits per heavy atom. The fourth-order valence-corrected chi connectivity index (χ4v) is 3.10. The molecule has 1 fully saturated rings. The number of ether oxygens (including phenoxy) is 1. The molecule has 1 saturated heterocycles. The van der Waals surface area contributed by atoms with Crippen LogP contribution in [0.2, 0.25) is 10.0 Å². The highest BCUT2D eigenvalue weighted by Crippen LogP contribution is 2.24. The molecular weight excluding hydrogens is 297 g/mol. The number of benzene rings is 1. The van der Waals surface area contributed by atoms with Gasteiger partial charge in [0, 0.05) is 23.7 Å². The summed E-state index contributed by atoms with van der Waals surface area (Å²) in [6, 6.07) is 4.96. The van der Waals surface area contributed by atoms with Gasteiger partial charge in [0.1, 0.15) is 0 Å². The molecule has 2 rings (SSSR count). The van der Waals surface area contributed by atoms with Crippen LogP contribution in [0.1, 0.15) is 31.1 Å². The van der Waals surface area contributed by atoms with Gasteiger partial charge in [-0.15, -0.1) is 0 Å². The summed E-state index contributed by atoms with van der Waals surface area (Å²) in [6.07, 6.45) is 0.112. The van der Waals surface area contributed by atoms with Crippen LogP contribution in [-0.2, 0) is 4.74 Å². The van der Waals surface area contributed by atoms with Crippen molar-refractivity contribution >= 4 is 29.0 Å². The van der Waals surface area contributed by atoms with Crippen molar-refractivity contribution < 1.29 is 9.53 Å². The first-order chi connectivity index (χ1) is 9.27. The lowest BCUT2D eigenvalue weighted by Gasteiger charge is -2.41. The average Bonchev–Trinajstić information content (AvgIpc) is 2.29. The van der Waals surface area contributed by atoms with Crippen LogP contribution >= 0.6 is 23.2 Å². The molecule has 0 radical (unpaired) electrons. The highest BCUT2D eigenvalue weighted by atomic mass is 35.5. The molecule has 0 bridgehead atoms. The summed E-state index contributed by atoms with van der Waals surface area (Å²) < 4.78 is 5.83. The van der Waals surface area contributed by atoms with Gasteiger partial charge in [0.05, 0.1) is 23.3 Å². The zero-order valence-corrected chi connectivity index (χ0v) is 13.5. The minimum atomic E-state index is -0.240. The van der Waals surface area contributed by atoms with Gasteiger partial charge in [-0.05, 0) is 39.0 Å². The van der Waals surface area contributed by atoms with E-state index in [4.69, 9.17) is 27.9 Å². The van der Waals surface area contributed by atoms with E-state index in [1.165, 1.54) is 0 Å². The van der Waals surface area contributed by atoms with Gasteiger partial charge in [-0.25, -0.2) is 0 Å². The van der Waals surface area contributed by atoms with E-state index in [0.29, 0.717) is 22.2 Å². The van der Waals surface area contributed by atoms with Gasteiger partial charge in [0.25, 0.3) is 0 Å². The van der Waals surface area contributed by atoms with Crippen molar-refractivity contribution in [1.82, 2.24) is 4.90 Å². The van der Waals surface area contributed by atoms with E-state index in [2.05, 4.69) is 4.90 Å². The molecule has 5 heteroatoms. The molecule has 0 aromatic heterocycles. The Bertz CT molecular complexity index is 517. The van der Waals surface area contributed by atoms with Crippen LogP contribution in [0, 0.1) is 0 Å². The quantitative estimate of drug-likeness (QED) is 0.797. The van der Waals surface area contributed by atoms with Crippen LogP contribution in [0.5, 0.6) is 0 Å². The second kappa shape index (κ2) is 6.02. The number of hydrogen-bond acceptors (Lipinski definition) is 3. The first-order valence-corrected chi connectivity index (χ1v) is 7.41. The summed E-state index contributed by atoms with van der Waals surface area (Å²) in [7, 11) is 0. The first-order valence-electron chi connectivity index (χ1n) is 6.65. The minimum absolute atomic E-state index is 0.0117. The molecule has 0 saturated carbocycles. The summed E-state index contributed by atoms with van der Waals surface area (Å²) in [6.45, 7) is 7.88. The standard InChI is InChI=1S/C15H19Cl2NO2/c1-10-7-18(9-15(2,3)20-10)8-14(19)12-6-11(16)4-5-13(12)17/h4-6,10H,7-9H2,1-3H3. The topological polar surface area (TPSA) is 29.5 Å². The number of halogens is 2. The number of hydrogen-bond donors (Lipinski definition) is 0. The first kappa shape index (κ1) is 15.8. The van der Waals surface area contributed by atoms with E-state index in [9.17, 15) is 4.79 Å². The van der Waals surface area contributed by atoms with Crippen molar-refractivity contribution in [3.63, 3.8) is 0 Å². The van der Waals surface area contributed by atoms with Crippen molar-refractivity contribution in [1.29, 1.82) is 0 Å². The molecule has 20 heavy (non-hydrogen) atoms. The maximum absolute atomic E-state index is 12.4. The SMILES string of the molecule is CC1CN(CC(=O)c2cc(Cl)ccc2Cl)CC(C)(C)O1. The molecular formula is C15H19Cl2NO2. The van der Waals surface area contributed by atoms with Crippen LogP contribution in [-0.4, -0.2) is 42.0 Å². The van der Waals surface area contributed by atoms with Crippen LogP contribution in [0.4, 0.5) is 0 Å². The van der Waals surface area contributed by atoms with Crippen LogP contribution in [0.15, 0.2) is 18.2 Å². The Balaban J connectivity index is 2.09. The lowest BCUT2D eigenvalue weighted by Crippen LogP contribution is -2.53. The predicted octanol–water partition coefficient (Wildman–Crippen LogP) is 3.68. The maximum Gasteiger partial charge on any atom is 0.178 e. The fourth-order valence-electron chi connectivity index (χ4n) is 2.71. The average molecular weight is 316 g/mol. The van der Waals surface area contributed by atoms with Crippen molar-refractivity contribution in [3.8, 4) is 0 Å². The second-order valence-corrected chi connectivity index (χ2v) is 6.75. The minimum Gasteiger partial charge on any atom is -0.370 e. The Morgan fingerprint density at radius 3 is 2.80 bits per heavy atom. The fraction of sp³-hybridized carbons (Fsp3) is 0.533. The van der Waals surface area contributed by atoms with E-state index in [-0.39, 0.29) is 17.5 Å². The Morgan fingerprint density at radius 2 is 2.15 bits per heavy atom. The molecule has 1 aromatic carbocycles. The highest BCUT2D eigenvalue weighted by Gasteiger charge is 2.32. The summed E-state index contributed by atoms with van der Waals surface area (Å²) in [4.78, 5) is 14.5. The third-order valence-corrected chi connectivity index (χ3v) is 3.80. The van der Waals surface area contributed by atoms with Crippen LogP contribution in [0.25, 0.3) is 0 Å². The molecule has 0 amide bonds. The van der Waals surface area contributed by atoms with Crippen LogP contribution < -0.4 is 0 Å². The maximum atomic E-state index is 12.4. The van der Waals surface area contributed by atoms with Gasteiger partial charge in [0.15, 0.2) is 5.78 Å². The number of nitrogens with zero attached hydrogens (tertiary/aromatic N) is 1. The second-order valence-electron chi connectivity index (χ2n) is 5.91. The Hall–Kier alpha value is -0.610. The molecule has 1 heterocycles. The number of Topliss-reactive ketones (excluding diaryl/α,β-unsaturated/α-hetero) is 1. The molecule has 0 aliphatic carbocycles. The lowest BCUT2D eigenvalue weighted by molar-refractivity contribution is -0.126. The Kier molecular flexibility index (Phi) is 4.75. The van der Waals surface area contributed by atoms with E-state index < -0.39 is 0 Å². The molecule has 1 aromatic rings.